The number of nitrogens with zero attached hydrogens (tertiary/aromatic N) is 5. The third-order valence-electron chi connectivity index (χ3n) is 6.10. The molecule has 4 aromatic rings. The molecule has 1 unspecified atom stereocenters. The fourth-order valence-electron chi connectivity index (χ4n) is 4.70. The number of anilines is 1. The van der Waals surface area contributed by atoms with Crippen LogP contribution in [0.4, 0.5) is 5.95 Å². The number of nitrogens with one attached hydrogen (secondary N) is 1. The van der Waals surface area contributed by atoms with Crippen LogP contribution < -0.4 is 10.1 Å². The van der Waals surface area contributed by atoms with Gasteiger partial charge in [0.1, 0.15) is 29.2 Å². The summed E-state index contributed by atoms with van der Waals surface area (Å²) in [5.74, 6) is 2.40. The van der Waals surface area contributed by atoms with Crippen molar-refractivity contribution in [3.63, 3.8) is 0 Å². The SMILES string of the molecule is CC(C)Nc1ncc(-c2ccc3nc4n(c3n2)C2(CCOc3ccccc32)COC4)cn1. The van der Waals surface area contributed by atoms with E-state index in [1.807, 2.05) is 42.7 Å². The van der Waals surface area contributed by atoms with E-state index < -0.39 is 0 Å². The average molecular weight is 428 g/mol. The Morgan fingerprint density at radius 1 is 1.06 bits per heavy atom. The van der Waals surface area contributed by atoms with E-state index in [0.717, 1.165) is 46.0 Å². The maximum Gasteiger partial charge on any atom is 0.222 e. The van der Waals surface area contributed by atoms with Gasteiger partial charge in [-0.3, -0.25) is 4.57 Å². The highest BCUT2D eigenvalue weighted by molar-refractivity contribution is 5.77. The molecular formula is C24H24N6O2. The number of rotatable bonds is 3. The first-order valence-corrected chi connectivity index (χ1v) is 10.9. The van der Waals surface area contributed by atoms with Gasteiger partial charge in [0.15, 0.2) is 5.65 Å². The van der Waals surface area contributed by atoms with E-state index in [0.29, 0.717) is 25.8 Å². The smallest absolute Gasteiger partial charge is 0.222 e. The second kappa shape index (κ2) is 7.27. The first-order chi connectivity index (χ1) is 15.6. The number of hydrogen-bond donors (Lipinski definition) is 1. The predicted octanol–water partition coefficient (Wildman–Crippen LogP) is 3.76. The lowest BCUT2D eigenvalue weighted by molar-refractivity contribution is 0.00399. The molecule has 1 N–H and O–H groups in total. The summed E-state index contributed by atoms with van der Waals surface area (Å²) in [6.07, 6.45) is 4.41. The molecule has 0 saturated carbocycles. The number of benzene rings is 1. The van der Waals surface area contributed by atoms with Crippen molar-refractivity contribution in [1.29, 1.82) is 0 Å². The highest BCUT2D eigenvalue weighted by Crippen LogP contribution is 2.44. The van der Waals surface area contributed by atoms with Gasteiger partial charge in [-0.1, -0.05) is 18.2 Å². The first-order valence-electron chi connectivity index (χ1n) is 10.9. The lowest BCUT2D eigenvalue weighted by Crippen LogP contribution is -2.47. The highest BCUT2D eigenvalue weighted by Gasteiger charge is 2.44. The Kier molecular flexibility index (Phi) is 4.36. The summed E-state index contributed by atoms with van der Waals surface area (Å²) in [7, 11) is 0. The zero-order chi connectivity index (χ0) is 21.7. The standard InChI is InChI=1S/C24H24N6O2/c1-15(2)27-23-25-11-16(12-26-23)18-7-8-19-22(29-18)30-21(28-19)13-31-14-24(30)9-10-32-20-6-4-3-5-17(20)24/h3-8,11-12,15H,9-10,13-14H2,1-2H3,(H,25,26,27). The number of para-hydroxylation sites is 1. The van der Waals surface area contributed by atoms with Gasteiger partial charge in [-0.05, 0) is 32.0 Å². The van der Waals surface area contributed by atoms with E-state index in [-0.39, 0.29) is 11.6 Å². The third kappa shape index (κ3) is 2.94. The molecule has 1 aromatic carbocycles. The number of imidazole rings is 1. The Hall–Kier alpha value is -3.52. The van der Waals surface area contributed by atoms with Crippen LogP contribution in [0, 0.1) is 0 Å². The normalized spacial score (nSPS) is 19.6. The maximum absolute atomic E-state index is 6.04. The third-order valence-corrected chi connectivity index (χ3v) is 6.10. The summed E-state index contributed by atoms with van der Waals surface area (Å²) >= 11 is 0. The molecule has 32 heavy (non-hydrogen) atoms. The molecule has 162 valence electrons. The molecule has 3 aromatic heterocycles. The summed E-state index contributed by atoms with van der Waals surface area (Å²) in [6, 6.07) is 12.5. The average Bonchev–Trinajstić information content (AvgIpc) is 3.19. The van der Waals surface area contributed by atoms with Crippen molar-refractivity contribution in [2.24, 2.45) is 0 Å². The van der Waals surface area contributed by atoms with Crippen LogP contribution >= 0.6 is 0 Å². The van der Waals surface area contributed by atoms with Crippen LogP contribution in [-0.2, 0) is 16.9 Å². The van der Waals surface area contributed by atoms with E-state index in [9.17, 15) is 0 Å². The highest BCUT2D eigenvalue weighted by atomic mass is 16.5. The van der Waals surface area contributed by atoms with E-state index in [4.69, 9.17) is 19.4 Å². The number of hydrogen-bond acceptors (Lipinski definition) is 7. The topological polar surface area (TPSA) is 87.0 Å². The Bertz CT molecular complexity index is 1300. The Labute approximate surface area is 185 Å². The van der Waals surface area contributed by atoms with Crippen LogP contribution in [0.15, 0.2) is 48.8 Å². The van der Waals surface area contributed by atoms with E-state index >= 15 is 0 Å². The lowest BCUT2D eigenvalue weighted by atomic mass is 9.84. The van der Waals surface area contributed by atoms with Crippen molar-refractivity contribution in [2.75, 3.05) is 18.5 Å². The minimum atomic E-state index is -0.385. The number of aromatic nitrogens is 5. The van der Waals surface area contributed by atoms with Crippen molar-refractivity contribution in [3.05, 3.63) is 60.2 Å². The van der Waals surface area contributed by atoms with Gasteiger partial charge < -0.3 is 14.8 Å². The molecule has 8 nitrogen and oxygen atoms in total. The second-order valence-electron chi connectivity index (χ2n) is 8.62. The number of pyridine rings is 1. The van der Waals surface area contributed by atoms with Crippen molar-refractivity contribution < 1.29 is 9.47 Å². The molecule has 1 spiro atoms. The van der Waals surface area contributed by atoms with Crippen LogP contribution in [0.2, 0.25) is 0 Å². The van der Waals surface area contributed by atoms with Gasteiger partial charge in [0.05, 0.1) is 18.9 Å². The van der Waals surface area contributed by atoms with Crippen molar-refractivity contribution in [1.82, 2.24) is 24.5 Å². The molecule has 5 heterocycles. The van der Waals surface area contributed by atoms with Crippen LogP contribution in [0.25, 0.3) is 22.4 Å². The van der Waals surface area contributed by atoms with Gasteiger partial charge in [-0.25, -0.2) is 19.9 Å². The summed E-state index contributed by atoms with van der Waals surface area (Å²) in [5.41, 5.74) is 4.12. The Morgan fingerprint density at radius 3 is 2.75 bits per heavy atom. The van der Waals surface area contributed by atoms with Gasteiger partial charge in [-0.15, -0.1) is 0 Å². The molecule has 2 aliphatic heterocycles. The molecule has 2 aliphatic rings. The van der Waals surface area contributed by atoms with Gasteiger partial charge in [0.25, 0.3) is 0 Å². The zero-order valence-corrected chi connectivity index (χ0v) is 18.1. The molecule has 6 rings (SSSR count). The molecule has 0 saturated heterocycles. The van der Waals surface area contributed by atoms with Crippen LogP contribution in [0.1, 0.15) is 31.7 Å². The van der Waals surface area contributed by atoms with Gasteiger partial charge in [0, 0.05) is 36.0 Å². The Balaban J connectivity index is 1.49. The fourth-order valence-corrected chi connectivity index (χ4v) is 4.70. The monoisotopic (exact) mass is 428 g/mol. The molecule has 0 aliphatic carbocycles. The number of fused-ring (bicyclic) bond motifs is 6. The van der Waals surface area contributed by atoms with Crippen LogP contribution in [-0.4, -0.2) is 43.8 Å². The van der Waals surface area contributed by atoms with E-state index in [2.05, 4.69) is 39.8 Å². The maximum atomic E-state index is 6.04. The molecule has 1 atom stereocenters. The van der Waals surface area contributed by atoms with E-state index in [1.165, 1.54) is 0 Å². The first kappa shape index (κ1) is 19.2. The zero-order valence-electron chi connectivity index (χ0n) is 18.1. The molecule has 8 heteroatoms. The minimum absolute atomic E-state index is 0.273. The fraction of sp³-hybridized carbons (Fsp3) is 0.333. The molecular weight excluding hydrogens is 404 g/mol. The summed E-state index contributed by atoms with van der Waals surface area (Å²) in [5, 5.41) is 3.22. The van der Waals surface area contributed by atoms with Crippen molar-refractivity contribution in [2.45, 2.75) is 38.5 Å². The second-order valence-corrected chi connectivity index (χ2v) is 8.62. The van der Waals surface area contributed by atoms with Crippen molar-refractivity contribution >= 4 is 17.1 Å². The molecule has 0 amide bonds. The van der Waals surface area contributed by atoms with Gasteiger partial charge >= 0.3 is 0 Å². The largest absolute Gasteiger partial charge is 0.493 e. The summed E-state index contributed by atoms with van der Waals surface area (Å²) in [6.45, 7) is 5.77. The minimum Gasteiger partial charge on any atom is -0.493 e. The molecule has 0 bridgehead atoms. The summed E-state index contributed by atoms with van der Waals surface area (Å²) < 4.78 is 14.3. The quantitative estimate of drug-likeness (QED) is 0.532. The van der Waals surface area contributed by atoms with Gasteiger partial charge in [-0.2, -0.15) is 0 Å². The van der Waals surface area contributed by atoms with Gasteiger partial charge in [0.2, 0.25) is 5.95 Å². The molecule has 0 fully saturated rings. The van der Waals surface area contributed by atoms with Crippen LogP contribution in [0.3, 0.4) is 0 Å². The van der Waals surface area contributed by atoms with E-state index in [1.54, 1.807) is 0 Å². The Morgan fingerprint density at radius 2 is 1.91 bits per heavy atom. The van der Waals surface area contributed by atoms with Crippen LogP contribution in [0.5, 0.6) is 5.75 Å². The molecule has 0 radical (unpaired) electrons. The lowest BCUT2D eigenvalue weighted by Gasteiger charge is -2.43. The van der Waals surface area contributed by atoms with Crippen molar-refractivity contribution in [3.8, 4) is 17.0 Å². The number of ether oxygens (including phenoxy) is 2. The summed E-state index contributed by atoms with van der Waals surface area (Å²) in [4.78, 5) is 18.8. The predicted molar refractivity (Wildman–Crippen MR) is 121 cm³/mol.